The van der Waals surface area contributed by atoms with Crippen molar-refractivity contribution in [1.29, 1.82) is 0 Å². The van der Waals surface area contributed by atoms with Gasteiger partial charge in [-0.2, -0.15) is 0 Å². The lowest BCUT2D eigenvalue weighted by atomic mass is 9.68. The minimum atomic E-state index is -0.216. The second-order valence-electron chi connectivity index (χ2n) is 7.64. The Morgan fingerprint density at radius 1 is 1.33 bits per heavy atom. The number of nitrogens with two attached hydrogens (primary N) is 1. The number of fused-ring (bicyclic) bond motifs is 2. The van der Waals surface area contributed by atoms with E-state index in [-0.39, 0.29) is 23.3 Å². The van der Waals surface area contributed by atoms with Gasteiger partial charge in [0.15, 0.2) is 0 Å². The van der Waals surface area contributed by atoms with Crippen molar-refractivity contribution in [3.63, 3.8) is 0 Å². The fourth-order valence-corrected chi connectivity index (χ4v) is 4.50. The summed E-state index contributed by atoms with van der Waals surface area (Å²) in [5, 5.41) is 3.60. The minimum absolute atomic E-state index is 0.203. The highest BCUT2D eigenvalue weighted by molar-refractivity contribution is 5.80. The largest absolute Gasteiger partial charge is 0.368 e. The highest BCUT2D eigenvalue weighted by atomic mass is 16.1. The average Bonchev–Trinajstić information content (AvgIpc) is 2.67. The topological polar surface area (TPSA) is 55.1 Å². The minimum Gasteiger partial charge on any atom is -0.368 e. The summed E-state index contributed by atoms with van der Waals surface area (Å²) >= 11 is 0. The van der Waals surface area contributed by atoms with Crippen LogP contribution in [0.15, 0.2) is 0 Å². The van der Waals surface area contributed by atoms with E-state index in [9.17, 15) is 4.79 Å². The first-order chi connectivity index (χ1) is 8.18. The van der Waals surface area contributed by atoms with Gasteiger partial charge in [-0.3, -0.25) is 4.79 Å². The van der Waals surface area contributed by atoms with Gasteiger partial charge in [0, 0.05) is 6.04 Å². The van der Waals surface area contributed by atoms with Crippen molar-refractivity contribution in [1.82, 2.24) is 5.32 Å². The molecule has 0 spiro atoms. The zero-order valence-corrected chi connectivity index (χ0v) is 12.4. The van der Waals surface area contributed by atoms with Crippen molar-refractivity contribution in [2.24, 2.45) is 28.4 Å². The lowest BCUT2D eigenvalue weighted by molar-refractivity contribution is -0.121. The Labute approximate surface area is 111 Å². The summed E-state index contributed by atoms with van der Waals surface area (Å²) in [5.74, 6) is 0.828. The Kier molecular flexibility index (Phi) is 3.25. The van der Waals surface area contributed by atoms with Gasteiger partial charge >= 0.3 is 0 Å². The molecule has 2 fully saturated rings. The third kappa shape index (κ3) is 1.97. The highest BCUT2D eigenvalue weighted by Gasteiger charge is 2.59. The molecule has 18 heavy (non-hydrogen) atoms. The fourth-order valence-electron chi connectivity index (χ4n) is 4.50. The SMILES string of the molecule is CC(C)C(NC1C(C)(C)[C@H]2CC[C@]1(C)C2)C(N)=O. The molecule has 0 saturated heterocycles. The predicted molar refractivity (Wildman–Crippen MR) is 74.0 cm³/mol. The van der Waals surface area contributed by atoms with E-state index >= 15 is 0 Å². The molecule has 0 aromatic rings. The Morgan fingerprint density at radius 2 is 1.94 bits per heavy atom. The molecule has 3 nitrogen and oxygen atoms in total. The first-order valence-electron chi connectivity index (χ1n) is 7.24. The van der Waals surface area contributed by atoms with E-state index < -0.39 is 0 Å². The molecule has 4 atom stereocenters. The van der Waals surface area contributed by atoms with Crippen LogP contribution in [0.1, 0.15) is 53.9 Å². The first-order valence-corrected chi connectivity index (χ1v) is 7.24. The summed E-state index contributed by atoms with van der Waals surface area (Å²) in [6.07, 6.45) is 3.91. The molecule has 1 amide bonds. The van der Waals surface area contributed by atoms with Crippen LogP contribution in [-0.2, 0) is 4.79 Å². The molecule has 3 heteroatoms. The number of carbonyl (C=O) groups excluding carboxylic acids is 1. The Hall–Kier alpha value is -0.570. The number of nitrogens with one attached hydrogen (secondary N) is 1. The van der Waals surface area contributed by atoms with Crippen LogP contribution in [-0.4, -0.2) is 18.0 Å². The van der Waals surface area contributed by atoms with Gasteiger partial charge in [0.05, 0.1) is 6.04 Å². The van der Waals surface area contributed by atoms with Crippen molar-refractivity contribution >= 4 is 5.91 Å². The maximum Gasteiger partial charge on any atom is 0.234 e. The molecular formula is C15H28N2O. The molecule has 0 aliphatic heterocycles. The van der Waals surface area contributed by atoms with Gasteiger partial charge in [0.2, 0.25) is 5.91 Å². The number of hydrogen-bond donors (Lipinski definition) is 2. The second-order valence-corrected chi connectivity index (χ2v) is 7.64. The predicted octanol–water partition coefficient (Wildman–Crippen LogP) is 2.30. The molecule has 0 heterocycles. The summed E-state index contributed by atoms with van der Waals surface area (Å²) in [7, 11) is 0. The van der Waals surface area contributed by atoms with E-state index in [1.54, 1.807) is 0 Å². The fraction of sp³-hybridized carbons (Fsp3) is 0.933. The van der Waals surface area contributed by atoms with E-state index in [2.05, 4.69) is 39.9 Å². The van der Waals surface area contributed by atoms with Crippen LogP contribution in [0.4, 0.5) is 0 Å². The quantitative estimate of drug-likeness (QED) is 0.806. The normalized spacial score (nSPS) is 39.2. The highest BCUT2D eigenvalue weighted by Crippen LogP contribution is 2.62. The van der Waals surface area contributed by atoms with Crippen molar-refractivity contribution in [3.8, 4) is 0 Å². The average molecular weight is 252 g/mol. The van der Waals surface area contributed by atoms with Crippen LogP contribution in [0.5, 0.6) is 0 Å². The van der Waals surface area contributed by atoms with Crippen molar-refractivity contribution in [2.45, 2.75) is 66.0 Å². The van der Waals surface area contributed by atoms with Crippen LogP contribution in [0.3, 0.4) is 0 Å². The van der Waals surface area contributed by atoms with Gasteiger partial charge < -0.3 is 11.1 Å². The number of carbonyl (C=O) groups is 1. The molecule has 0 aromatic carbocycles. The molecule has 0 radical (unpaired) electrons. The lowest BCUT2D eigenvalue weighted by Crippen LogP contribution is -2.58. The van der Waals surface area contributed by atoms with E-state index in [1.807, 2.05) is 0 Å². The number of rotatable bonds is 4. The Morgan fingerprint density at radius 3 is 2.33 bits per heavy atom. The Balaban J connectivity index is 2.20. The third-order valence-corrected chi connectivity index (χ3v) is 5.59. The number of amides is 1. The first kappa shape index (κ1) is 13.9. The van der Waals surface area contributed by atoms with E-state index in [0.717, 1.165) is 5.92 Å². The molecule has 104 valence electrons. The molecule has 3 N–H and O–H groups in total. The Bertz CT molecular complexity index is 346. The van der Waals surface area contributed by atoms with Crippen molar-refractivity contribution in [3.05, 3.63) is 0 Å². The number of hydrogen-bond acceptors (Lipinski definition) is 2. The van der Waals surface area contributed by atoms with E-state index in [0.29, 0.717) is 11.5 Å². The van der Waals surface area contributed by atoms with Crippen LogP contribution in [0.2, 0.25) is 0 Å². The number of primary amides is 1. The van der Waals surface area contributed by atoms with Gasteiger partial charge in [0.25, 0.3) is 0 Å². The van der Waals surface area contributed by atoms with E-state index in [4.69, 9.17) is 5.73 Å². The zero-order valence-electron chi connectivity index (χ0n) is 12.4. The summed E-state index contributed by atoms with van der Waals surface area (Å²) in [6.45, 7) is 11.2. The summed E-state index contributed by atoms with van der Waals surface area (Å²) in [5.41, 5.74) is 6.16. The lowest BCUT2D eigenvalue weighted by Gasteiger charge is -2.45. The van der Waals surface area contributed by atoms with Crippen LogP contribution in [0, 0.1) is 22.7 Å². The molecular weight excluding hydrogens is 224 g/mol. The van der Waals surface area contributed by atoms with Crippen LogP contribution < -0.4 is 11.1 Å². The standard InChI is InChI=1S/C15H28N2O/c1-9(2)11(12(16)18)17-13-14(3,4)10-6-7-15(13,5)8-10/h9-11,13,17H,6-8H2,1-5H3,(H2,16,18)/t10-,11?,13?,15+/m0/s1. The maximum atomic E-state index is 11.6. The van der Waals surface area contributed by atoms with Gasteiger partial charge in [-0.25, -0.2) is 0 Å². The maximum absolute atomic E-state index is 11.6. The molecule has 2 unspecified atom stereocenters. The van der Waals surface area contributed by atoms with Gasteiger partial charge in [-0.05, 0) is 41.9 Å². The molecule has 0 aromatic heterocycles. The van der Waals surface area contributed by atoms with Gasteiger partial charge in [0.1, 0.15) is 0 Å². The van der Waals surface area contributed by atoms with Gasteiger partial charge in [-0.1, -0.05) is 34.6 Å². The van der Waals surface area contributed by atoms with E-state index in [1.165, 1.54) is 19.3 Å². The summed E-state index contributed by atoms with van der Waals surface area (Å²) in [4.78, 5) is 11.6. The van der Waals surface area contributed by atoms with Crippen LogP contribution >= 0.6 is 0 Å². The second kappa shape index (κ2) is 4.22. The van der Waals surface area contributed by atoms with Crippen LogP contribution in [0.25, 0.3) is 0 Å². The molecule has 2 rings (SSSR count). The monoisotopic (exact) mass is 252 g/mol. The third-order valence-electron chi connectivity index (χ3n) is 5.59. The molecule has 2 saturated carbocycles. The van der Waals surface area contributed by atoms with Gasteiger partial charge in [-0.15, -0.1) is 0 Å². The van der Waals surface area contributed by atoms with Crippen molar-refractivity contribution < 1.29 is 4.79 Å². The summed E-state index contributed by atoms with van der Waals surface area (Å²) < 4.78 is 0. The smallest absolute Gasteiger partial charge is 0.234 e. The van der Waals surface area contributed by atoms with Crippen molar-refractivity contribution in [2.75, 3.05) is 0 Å². The summed E-state index contributed by atoms with van der Waals surface area (Å²) in [6, 6.07) is 0.203. The zero-order chi connectivity index (χ0) is 13.7. The molecule has 2 aliphatic carbocycles. The molecule has 2 bridgehead atoms. The molecule has 2 aliphatic rings.